The zero-order valence-corrected chi connectivity index (χ0v) is 15.2. The summed E-state index contributed by atoms with van der Waals surface area (Å²) in [7, 11) is 0. The van der Waals surface area contributed by atoms with Crippen molar-refractivity contribution < 1.29 is 13.2 Å². The Morgan fingerprint density at radius 2 is 2.00 bits per heavy atom. The van der Waals surface area contributed by atoms with E-state index in [0.29, 0.717) is 12.5 Å². The second kappa shape index (κ2) is 7.88. The minimum atomic E-state index is -2.71. The van der Waals surface area contributed by atoms with Gasteiger partial charge in [0.25, 0.3) is 12.0 Å². The molecule has 1 saturated heterocycles. The number of oxazole rings is 1. The van der Waals surface area contributed by atoms with Crippen molar-refractivity contribution in [2.75, 3.05) is 13.1 Å². The second-order valence-electron chi connectivity index (χ2n) is 7.51. The number of rotatable bonds is 5. The van der Waals surface area contributed by atoms with Crippen LogP contribution in [0.5, 0.6) is 0 Å². The lowest BCUT2D eigenvalue weighted by atomic mass is 9.96. The number of nitrogens with zero attached hydrogens (tertiary/aromatic N) is 4. The molecule has 2 aromatic rings. The lowest BCUT2D eigenvalue weighted by Gasteiger charge is -2.31. The summed E-state index contributed by atoms with van der Waals surface area (Å²) < 4.78 is 32.6. The Morgan fingerprint density at radius 1 is 1.22 bits per heavy atom. The van der Waals surface area contributed by atoms with Gasteiger partial charge in [0.05, 0.1) is 18.6 Å². The third-order valence-electron chi connectivity index (χ3n) is 5.54. The van der Waals surface area contributed by atoms with E-state index in [-0.39, 0.29) is 0 Å². The van der Waals surface area contributed by atoms with Crippen LogP contribution < -0.4 is 5.56 Å². The van der Waals surface area contributed by atoms with Gasteiger partial charge in [0.1, 0.15) is 11.5 Å². The van der Waals surface area contributed by atoms with Gasteiger partial charge in [-0.05, 0) is 51.1 Å². The molecular weight excluding hydrogens is 354 g/mol. The standard InChI is InChI=1S/C19H24F2N4O2/c20-19(21)15-9-18(26)25(12-22-15)10-13-5-7-24(8-6-13)11-17-23-14-3-1-2-4-16(14)27-17/h9,12-13,19H,1-8,10-11H2. The lowest BCUT2D eigenvalue weighted by Crippen LogP contribution is -2.36. The van der Waals surface area contributed by atoms with Crippen LogP contribution in [0.3, 0.4) is 0 Å². The molecule has 1 fully saturated rings. The van der Waals surface area contributed by atoms with E-state index in [1.165, 1.54) is 23.7 Å². The third-order valence-corrected chi connectivity index (χ3v) is 5.54. The van der Waals surface area contributed by atoms with Crippen molar-refractivity contribution >= 4 is 0 Å². The summed E-state index contributed by atoms with van der Waals surface area (Å²) in [5.74, 6) is 2.21. The molecule has 1 aliphatic heterocycles. The van der Waals surface area contributed by atoms with Gasteiger partial charge >= 0.3 is 0 Å². The lowest BCUT2D eigenvalue weighted by molar-refractivity contribution is 0.144. The van der Waals surface area contributed by atoms with Crippen molar-refractivity contribution in [2.45, 2.75) is 58.0 Å². The highest BCUT2D eigenvalue weighted by atomic mass is 19.3. The number of aromatic nitrogens is 3. The Kier molecular flexibility index (Phi) is 5.33. The monoisotopic (exact) mass is 378 g/mol. The van der Waals surface area contributed by atoms with Gasteiger partial charge in [-0.3, -0.25) is 14.3 Å². The first kappa shape index (κ1) is 18.3. The number of hydrogen-bond acceptors (Lipinski definition) is 5. The number of hydrogen-bond donors (Lipinski definition) is 0. The highest BCUT2D eigenvalue weighted by Crippen LogP contribution is 2.24. The smallest absolute Gasteiger partial charge is 0.280 e. The minimum Gasteiger partial charge on any atom is -0.444 e. The Balaban J connectivity index is 1.30. The molecule has 0 N–H and O–H groups in total. The number of alkyl halides is 2. The molecule has 146 valence electrons. The quantitative estimate of drug-likeness (QED) is 0.800. The Hall–Kier alpha value is -2.09. The maximum atomic E-state index is 12.6. The van der Waals surface area contributed by atoms with E-state index < -0.39 is 17.7 Å². The van der Waals surface area contributed by atoms with Crippen molar-refractivity contribution in [1.29, 1.82) is 0 Å². The molecule has 0 unspecified atom stereocenters. The average molecular weight is 378 g/mol. The van der Waals surface area contributed by atoms with Gasteiger partial charge in [0.2, 0.25) is 5.89 Å². The van der Waals surface area contributed by atoms with Gasteiger partial charge in [0.15, 0.2) is 0 Å². The average Bonchev–Trinajstić information content (AvgIpc) is 3.07. The normalized spacial score (nSPS) is 18.8. The maximum absolute atomic E-state index is 12.6. The van der Waals surface area contributed by atoms with Crippen LogP contribution in [0.1, 0.15) is 55.1 Å². The zero-order valence-electron chi connectivity index (χ0n) is 15.2. The first-order valence-electron chi connectivity index (χ1n) is 9.63. The molecule has 3 heterocycles. The van der Waals surface area contributed by atoms with Crippen molar-refractivity contribution in [3.05, 3.63) is 45.8 Å². The molecule has 0 spiro atoms. The second-order valence-corrected chi connectivity index (χ2v) is 7.51. The van der Waals surface area contributed by atoms with Crippen molar-refractivity contribution in [1.82, 2.24) is 19.4 Å². The molecule has 1 aliphatic carbocycles. The van der Waals surface area contributed by atoms with Crippen LogP contribution in [0.4, 0.5) is 8.78 Å². The number of fused-ring (bicyclic) bond motifs is 1. The molecule has 2 aliphatic rings. The largest absolute Gasteiger partial charge is 0.444 e. The van der Waals surface area contributed by atoms with E-state index in [2.05, 4.69) is 14.9 Å². The van der Waals surface area contributed by atoms with Gasteiger partial charge in [0, 0.05) is 19.0 Å². The third kappa shape index (κ3) is 4.26. The molecule has 0 bridgehead atoms. The zero-order chi connectivity index (χ0) is 18.8. The van der Waals surface area contributed by atoms with Crippen LogP contribution in [0, 0.1) is 5.92 Å². The molecule has 0 aromatic carbocycles. The molecule has 6 nitrogen and oxygen atoms in total. The summed E-state index contributed by atoms with van der Waals surface area (Å²) in [6.45, 7) is 3.07. The topological polar surface area (TPSA) is 64.2 Å². The number of likely N-dealkylation sites (tertiary alicyclic amines) is 1. The summed E-state index contributed by atoms with van der Waals surface area (Å²) in [6, 6.07) is 0.935. The molecular formula is C19H24F2N4O2. The van der Waals surface area contributed by atoms with Crippen LogP contribution in [0.2, 0.25) is 0 Å². The number of piperidine rings is 1. The van der Waals surface area contributed by atoms with Crippen LogP contribution in [-0.4, -0.2) is 32.5 Å². The molecule has 4 rings (SSSR count). The van der Waals surface area contributed by atoms with Crippen LogP contribution >= 0.6 is 0 Å². The number of aryl methyl sites for hydroxylation is 2. The van der Waals surface area contributed by atoms with Gasteiger partial charge < -0.3 is 4.42 Å². The fraction of sp³-hybridized carbons (Fsp3) is 0.632. The van der Waals surface area contributed by atoms with E-state index in [1.807, 2.05) is 0 Å². The Morgan fingerprint density at radius 3 is 2.70 bits per heavy atom. The van der Waals surface area contributed by atoms with E-state index in [4.69, 9.17) is 4.42 Å². The van der Waals surface area contributed by atoms with Crippen LogP contribution in [0.25, 0.3) is 0 Å². The van der Waals surface area contributed by atoms with Crippen LogP contribution in [-0.2, 0) is 25.9 Å². The van der Waals surface area contributed by atoms with E-state index in [9.17, 15) is 13.6 Å². The van der Waals surface area contributed by atoms with E-state index >= 15 is 0 Å². The molecule has 2 aromatic heterocycles. The van der Waals surface area contributed by atoms with Gasteiger partial charge in [-0.1, -0.05) is 0 Å². The van der Waals surface area contributed by atoms with Gasteiger partial charge in [-0.2, -0.15) is 0 Å². The fourth-order valence-electron chi connectivity index (χ4n) is 3.97. The molecule has 0 amide bonds. The van der Waals surface area contributed by atoms with Crippen molar-refractivity contribution in [3.8, 4) is 0 Å². The summed E-state index contributed by atoms with van der Waals surface area (Å²) >= 11 is 0. The first-order valence-corrected chi connectivity index (χ1v) is 9.63. The van der Waals surface area contributed by atoms with Crippen molar-refractivity contribution in [2.24, 2.45) is 5.92 Å². The van der Waals surface area contributed by atoms with Crippen molar-refractivity contribution in [3.63, 3.8) is 0 Å². The first-order chi connectivity index (χ1) is 13.1. The predicted octanol–water partition coefficient (Wildman–Crippen LogP) is 2.96. The summed E-state index contributed by atoms with van der Waals surface area (Å²) in [4.78, 5) is 22.6. The SMILES string of the molecule is O=c1cc(C(F)F)ncn1CC1CCN(Cc2nc3c(o2)CCCC3)CC1. The predicted molar refractivity (Wildman–Crippen MR) is 94.6 cm³/mol. The van der Waals surface area contributed by atoms with Gasteiger partial charge in [-0.25, -0.2) is 18.7 Å². The summed E-state index contributed by atoms with van der Waals surface area (Å²) in [5.41, 5.74) is 0.262. The summed E-state index contributed by atoms with van der Waals surface area (Å²) in [5, 5.41) is 0. The van der Waals surface area contributed by atoms with E-state index in [1.54, 1.807) is 0 Å². The molecule has 8 heteroatoms. The molecule has 0 atom stereocenters. The highest BCUT2D eigenvalue weighted by Gasteiger charge is 2.23. The number of halogens is 2. The highest BCUT2D eigenvalue weighted by molar-refractivity contribution is 5.13. The Bertz CT molecular complexity index is 817. The van der Waals surface area contributed by atoms with Gasteiger partial charge in [-0.15, -0.1) is 0 Å². The molecule has 0 radical (unpaired) electrons. The minimum absolute atomic E-state index is 0.343. The fourth-order valence-corrected chi connectivity index (χ4v) is 3.97. The van der Waals surface area contributed by atoms with Crippen LogP contribution in [0.15, 0.2) is 21.6 Å². The van der Waals surface area contributed by atoms with E-state index in [0.717, 1.165) is 68.7 Å². The maximum Gasteiger partial charge on any atom is 0.280 e. The summed E-state index contributed by atoms with van der Waals surface area (Å²) in [6.07, 6.45) is 4.82. The Labute approximate surface area is 156 Å². The molecule has 0 saturated carbocycles. The molecule has 27 heavy (non-hydrogen) atoms.